The smallest absolute Gasteiger partial charge is 0.263 e. The van der Waals surface area contributed by atoms with Gasteiger partial charge >= 0.3 is 0 Å². The summed E-state index contributed by atoms with van der Waals surface area (Å²) in [5, 5.41) is 4.53. The first-order valence-electron chi connectivity index (χ1n) is 12.4. The third kappa shape index (κ3) is 5.59. The van der Waals surface area contributed by atoms with Crippen LogP contribution >= 0.6 is 11.9 Å². The minimum absolute atomic E-state index is 0.244. The largest absolute Gasteiger partial charge is 0.433 e. The normalized spacial score (nSPS) is 19.5. The highest BCUT2D eigenvalue weighted by Gasteiger charge is 2.22. The maximum atomic E-state index is 6.16. The van der Waals surface area contributed by atoms with Crippen molar-refractivity contribution in [3.8, 4) is 22.9 Å². The van der Waals surface area contributed by atoms with Crippen LogP contribution in [0.15, 0.2) is 41.7 Å². The van der Waals surface area contributed by atoms with Gasteiger partial charge in [0.15, 0.2) is 11.6 Å². The summed E-state index contributed by atoms with van der Waals surface area (Å²) in [5.74, 6) is 1.13. The number of hydrogen-bond acceptors (Lipinski definition) is 10. The average Bonchev–Trinajstić information content (AvgIpc) is 3.34. The molecule has 11 heteroatoms. The molecule has 2 aromatic heterocycles. The van der Waals surface area contributed by atoms with Crippen molar-refractivity contribution in [3.63, 3.8) is 0 Å². The molecule has 192 valence electrons. The number of ether oxygens (including phenoxy) is 2. The molecule has 0 bridgehead atoms. The molecule has 2 aliphatic rings. The molecule has 10 nitrogen and oxygen atoms in total. The molecule has 0 saturated carbocycles. The molecular formula is C25H34N8O2S. The number of morpholine rings is 1. The Balaban J connectivity index is 1.40. The van der Waals surface area contributed by atoms with Crippen LogP contribution in [0.5, 0.6) is 11.6 Å². The van der Waals surface area contributed by atoms with Crippen LogP contribution in [0.4, 0.5) is 11.5 Å². The highest BCUT2D eigenvalue weighted by atomic mass is 32.2. The number of piperidine rings is 1. The first-order valence-corrected chi connectivity index (χ1v) is 13.2. The van der Waals surface area contributed by atoms with Gasteiger partial charge in [0.25, 0.3) is 5.88 Å². The van der Waals surface area contributed by atoms with E-state index in [9.17, 15) is 0 Å². The lowest BCUT2D eigenvalue weighted by Crippen LogP contribution is -2.43. The molecule has 0 aliphatic carbocycles. The molecule has 2 fully saturated rings. The predicted octanol–water partition coefficient (Wildman–Crippen LogP) is 3.43. The Labute approximate surface area is 216 Å². The van der Waals surface area contributed by atoms with E-state index < -0.39 is 0 Å². The van der Waals surface area contributed by atoms with Crippen LogP contribution in [-0.2, 0) is 4.74 Å². The molecule has 3 N–H and O–H groups in total. The van der Waals surface area contributed by atoms with E-state index in [1.54, 1.807) is 24.3 Å². The Morgan fingerprint density at radius 1 is 1.17 bits per heavy atom. The van der Waals surface area contributed by atoms with Gasteiger partial charge in [0.1, 0.15) is 0 Å². The number of anilines is 2. The number of nitrogens with zero attached hydrogens (tertiary/aromatic N) is 6. The highest BCUT2D eigenvalue weighted by Crippen LogP contribution is 2.34. The summed E-state index contributed by atoms with van der Waals surface area (Å²) >= 11 is 1.56. The lowest BCUT2D eigenvalue weighted by molar-refractivity contribution is 0.0989. The average molecular weight is 511 g/mol. The standard InChI is InChI=1S/C25H34N8O2S/c1-17-16-34-9-8-32(17)20-10-18(11-22(12-20)36-27-2)23-14-28-24(26)25(30-23)35-21-13-29-33(15-21)19-4-6-31(3)7-5-19/h10-15,17,19,27H,4-9,16H2,1-3H3,(H2,26,28). The van der Waals surface area contributed by atoms with Gasteiger partial charge in [-0.15, -0.1) is 0 Å². The van der Waals surface area contributed by atoms with E-state index in [0.717, 1.165) is 48.6 Å². The zero-order valence-corrected chi connectivity index (χ0v) is 21.9. The Hall–Kier alpha value is -2.86. The molecule has 0 radical (unpaired) electrons. The second-order valence-corrected chi connectivity index (χ2v) is 10.5. The second kappa shape index (κ2) is 11.0. The minimum atomic E-state index is 0.244. The summed E-state index contributed by atoms with van der Waals surface area (Å²) in [5.41, 5.74) is 8.93. The molecule has 4 heterocycles. The monoisotopic (exact) mass is 510 g/mol. The van der Waals surface area contributed by atoms with Gasteiger partial charge in [-0.05, 0) is 77.1 Å². The third-order valence-corrected chi connectivity index (χ3v) is 7.40. The molecule has 2 saturated heterocycles. The van der Waals surface area contributed by atoms with Crippen LogP contribution < -0.4 is 20.1 Å². The summed E-state index contributed by atoms with van der Waals surface area (Å²) in [7, 11) is 4.06. The van der Waals surface area contributed by atoms with Crippen LogP contribution in [0.2, 0.25) is 0 Å². The first-order chi connectivity index (χ1) is 17.5. The van der Waals surface area contributed by atoms with Crippen molar-refractivity contribution in [2.24, 2.45) is 0 Å². The van der Waals surface area contributed by atoms with E-state index in [0.29, 0.717) is 36.7 Å². The van der Waals surface area contributed by atoms with Crippen molar-refractivity contribution in [2.75, 3.05) is 57.6 Å². The van der Waals surface area contributed by atoms with Crippen molar-refractivity contribution in [2.45, 2.75) is 36.7 Å². The molecule has 0 amide bonds. The van der Waals surface area contributed by atoms with Gasteiger partial charge in [-0.25, -0.2) is 9.97 Å². The Bertz CT molecular complexity index is 1180. The van der Waals surface area contributed by atoms with E-state index in [2.05, 4.69) is 56.8 Å². The van der Waals surface area contributed by atoms with Crippen molar-refractivity contribution in [3.05, 3.63) is 36.8 Å². The molecule has 36 heavy (non-hydrogen) atoms. The molecule has 1 aromatic carbocycles. The van der Waals surface area contributed by atoms with E-state index in [4.69, 9.17) is 20.2 Å². The zero-order chi connectivity index (χ0) is 25.1. The topological polar surface area (TPSA) is 107 Å². The number of nitrogen functional groups attached to an aromatic ring is 1. The van der Waals surface area contributed by atoms with Crippen molar-refractivity contribution in [1.82, 2.24) is 29.4 Å². The fourth-order valence-corrected chi connectivity index (χ4v) is 5.33. The summed E-state index contributed by atoms with van der Waals surface area (Å²) in [4.78, 5) is 14.9. The van der Waals surface area contributed by atoms with Crippen LogP contribution in [-0.4, -0.2) is 77.6 Å². The van der Waals surface area contributed by atoms with Gasteiger partial charge in [0, 0.05) is 28.7 Å². The van der Waals surface area contributed by atoms with Crippen molar-refractivity contribution >= 4 is 23.5 Å². The number of nitrogens with one attached hydrogen (secondary N) is 1. The SMILES string of the molecule is CNSc1cc(-c2cnc(N)c(Oc3cnn(C4CCN(C)CC4)c3)n2)cc(N2CCOCC2C)c1. The summed E-state index contributed by atoms with van der Waals surface area (Å²) in [6.45, 7) is 6.58. The van der Waals surface area contributed by atoms with Crippen LogP contribution in [0.25, 0.3) is 11.3 Å². The fourth-order valence-electron chi connectivity index (χ4n) is 4.72. The molecule has 5 rings (SSSR count). The van der Waals surface area contributed by atoms with Gasteiger partial charge < -0.3 is 25.0 Å². The molecule has 0 spiro atoms. The quantitative estimate of drug-likeness (QED) is 0.459. The minimum Gasteiger partial charge on any atom is -0.433 e. The number of rotatable bonds is 7. The third-order valence-electron chi connectivity index (χ3n) is 6.73. The molecule has 2 aliphatic heterocycles. The lowest BCUT2D eigenvalue weighted by atomic mass is 10.1. The predicted molar refractivity (Wildman–Crippen MR) is 142 cm³/mol. The number of benzene rings is 1. The maximum absolute atomic E-state index is 6.16. The van der Waals surface area contributed by atoms with Gasteiger partial charge in [-0.3, -0.25) is 9.40 Å². The molecule has 1 atom stereocenters. The molecule has 1 unspecified atom stereocenters. The van der Waals surface area contributed by atoms with Gasteiger partial charge in [0.2, 0.25) is 0 Å². The van der Waals surface area contributed by atoms with E-state index >= 15 is 0 Å². The van der Waals surface area contributed by atoms with Crippen LogP contribution in [0.1, 0.15) is 25.8 Å². The summed E-state index contributed by atoms with van der Waals surface area (Å²) in [6, 6.07) is 7.09. The fraction of sp³-hybridized carbons (Fsp3) is 0.480. The van der Waals surface area contributed by atoms with Gasteiger partial charge in [-0.2, -0.15) is 5.10 Å². The Morgan fingerprint density at radius 3 is 2.78 bits per heavy atom. The zero-order valence-electron chi connectivity index (χ0n) is 21.1. The number of aromatic nitrogens is 4. The van der Waals surface area contributed by atoms with E-state index in [1.807, 2.05) is 17.9 Å². The maximum Gasteiger partial charge on any atom is 0.263 e. The van der Waals surface area contributed by atoms with Crippen molar-refractivity contribution in [1.29, 1.82) is 0 Å². The van der Waals surface area contributed by atoms with Crippen molar-refractivity contribution < 1.29 is 9.47 Å². The van der Waals surface area contributed by atoms with Crippen LogP contribution in [0.3, 0.4) is 0 Å². The number of nitrogens with two attached hydrogens (primary N) is 1. The molecular weight excluding hydrogens is 476 g/mol. The lowest BCUT2D eigenvalue weighted by Gasteiger charge is -2.35. The Kier molecular flexibility index (Phi) is 7.61. The van der Waals surface area contributed by atoms with Gasteiger partial charge in [0.05, 0.1) is 43.5 Å². The number of hydrogen-bond donors (Lipinski definition) is 2. The summed E-state index contributed by atoms with van der Waals surface area (Å²) < 4.78 is 16.9. The Morgan fingerprint density at radius 2 is 2.00 bits per heavy atom. The van der Waals surface area contributed by atoms with E-state index in [-0.39, 0.29) is 11.7 Å². The van der Waals surface area contributed by atoms with E-state index in [1.165, 1.54) is 0 Å². The summed E-state index contributed by atoms with van der Waals surface area (Å²) in [6.07, 6.45) is 7.47. The number of likely N-dealkylation sites (tertiary alicyclic amines) is 1. The van der Waals surface area contributed by atoms with Gasteiger partial charge in [-0.1, -0.05) is 0 Å². The van der Waals surface area contributed by atoms with Crippen LogP contribution in [0, 0.1) is 0 Å². The first kappa shape index (κ1) is 24.8. The highest BCUT2D eigenvalue weighted by molar-refractivity contribution is 7.97. The molecule has 3 aromatic rings. The second-order valence-electron chi connectivity index (χ2n) is 9.38.